The molecule has 0 bridgehead atoms. The van der Waals surface area contributed by atoms with Gasteiger partial charge in [-0.25, -0.2) is 4.79 Å². The first kappa shape index (κ1) is 14.6. The minimum Gasteiger partial charge on any atom is -0.478 e. The van der Waals surface area contributed by atoms with Crippen LogP contribution in [0.5, 0.6) is 0 Å². The molecule has 0 spiro atoms. The van der Waals surface area contributed by atoms with E-state index in [1.807, 2.05) is 12.1 Å². The van der Waals surface area contributed by atoms with Gasteiger partial charge in [-0.2, -0.15) is 0 Å². The molecule has 0 saturated heterocycles. The van der Waals surface area contributed by atoms with Gasteiger partial charge in [-0.1, -0.05) is 48.7 Å². The molecule has 20 heavy (non-hydrogen) atoms. The molecule has 0 heterocycles. The number of carbonyl (C=O) groups is 1. The second-order valence-electron chi connectivity index (χ2n) is 4.34. The topological polar surface area (TPSA) is 46.5 Å². The van der Waals surface area contributed by atoms with Crippen molar-refractivity contribution in [2.24, 2.45) is 0 Å². The highest BCUT2D eigenvalue weighted by molar-refractivity contribution is 7.99. The largest absolute Gasteiger partial charge is 0.478 e. The molecule has 0 aliphatic rings. The molecule has 0 aliphatic heterocycles. The minimum absolute atomic E-state index is 0.181. The number of aliphatic carboxylic acids is 1. The molecule has 0 amide bonds. The van der Waals surface area contributed by atoms with Crippen LogP contribution in [-0.2, 0) is 9.53 Å². The summed E-state index contributed by atoms with van der Waals surface area (Å²) in [5.41, 5.74) is 0.181. The fourth-order valence-corrected chi connectivity index (χ4v) is 2.44. The van der Waals surface area contributed by atoms with E-state index in [1.165, 1.54) is 10.8 Å². The standard InChI is InChI=1S/C16H16O3S/c1-12(16(17)18)8-9-19-11-20-15-7-6-13-4-2-3-5-14(13)10-15/h2-7,10H,1,8-9,11H2,(H,17,18). The molecule has 0 aliphatic carbocycles. The van der Waals surface area contributed by atoms with Gasteiger partial charge < -0.3 is 9.84 Å². The fourth-order valence-electron chi connectivity index (χ4n) is 1.73. The summed E-state index contributed by atoms with van der Waals surface area (Å²) in [6.45, 7) is 3.84. The molecule has 2 aromatic rings. The lowest BCUT2D eigenvalue weighted by Crippen LogP contribution is -2.03. The summed E-state index contributed by atoms with van der Waals surface area (Å²) in [6.07, 6.45) is 0.355. The van der Waals surface area contributed by atoms with Crippen LogP contribution in [0.25, 0.3) is 10.8 Å². The maximum absolute atomic E-state index is 10.5. The Bertz CT molecular complexity index is 622. The van der Waals surface area contributed by atoms with Gasteiger partial charge in [-0.05, 0) is 22.9 Å². The van der Waals surface area contributed by atoms with Crippen molar-refractivity contribution >= 4 is 28.5 Å². The Morgan fingerprint density at radius 1 is 1.20 bits per heavy atom. The Kier molecular flexibility index (Phi) is 5.21. The van der Waals surface area contributed by atoms with Crippen molar-refractivity contribution in [3.63, 3.8) is 0 Å². The highest BCUT2D eigenvalue weighted by Gasteiger charge is 2.03. The van der Waals surface area contributed by atoms with Gasteiger partial charge in [-0.3, -0.25) is 0 Å². The van der Waals surface area contributed by atoms with E-state index < -0.39 is 5.97 Å². The average Bonchev–Trinajstić information content (AvgIpc) is 2.46. The Morgan fingerprint density at radius 2 is 1.95 bits per heavy atom. The van der Waals surface area contributed by atoms with E-state index in [4.69, 9.17) is 9.84 Å². The van der Waals surface area contributed by atoms with E-state index in [9.17, 15) is 4.79 Å². The summed E-state index contributed by atoms with van der Waals surface area (Å²) in [6, 6.07) is 14.5. The number of hydrogen-bond donors (Lipinski definition) is 1. The van der Waals surface area contributed by atoms with Crippen LogP contribution in [-0.4, -0.2) is 23.6 Å². The Hall–Kier alpha value is -1.78. The van der Waals surface area contributed by atoms with Gasteiger partial charge in [0.15, 0.2) is 0 Å². The van der Waals surface area contributed by atoms with E-state index in [2.05, 4.69) is 36.9 Å². The molecule has 0 radical (unpaired) electrons. The molecule has 2 rings (SSSR count). The predicted octanol–water partition coefficient (Wildman–Crippen LogP) is 3.94. The SMILES string of the molecule is C=C(CCOCSc1ccc2ccccc2c1)C(=O)O. The van der Waals surface area contributed by atoms with Gasteiger partial charge in [0.05, 0.1) is 12.5 Å². The molecule has 3 nitrogen and oxygen atoms in total. The number of hydrogen-bond acceptors (Lipinski definition) is 3. The summed E-state index contributed by atoms with van der Waals surface area (Å²) in [4.78, 5) is 11.7. The van der Waals surface area contributed by atoms with Gasteiger partial charge in [0.1, 0.15) is 0 Å². The van der Waals surface area contributed by atoms with Crippen LogP contribution in [0.2, 0.25) is 0 Å². The Morgan fingerprint density at radius 3 is 2.70 bits per heavy atom. The third kappa shape index (κ3) is 4.11. The number of ether oxygens (including phenoxy) is 1. The normalized spacial score (nSPS) is 10.6. The second-order valence-corrected chi connectivity index (χ2v) is 5.33. The molecule has 0 aromatic heterocycles. The van der Waals surface area contributed by atoms with Crippen LogP contribution in [0.1, 0.15) is 6.42 Å². The molecule has 0 saturated carbocycles. The summed E-state index contributed by atoms with van der Waals surface area (Å²) < 4.78 is 5.41. The van der Waals surface area contributed by atoms with Crippen LogP contribution >= 0.6 is 11.8 Å². The summed E-state index contributed by atoms with van der Waals surface area (Å²) in [7, 11) is 0. The zero-order chi connectivity index (χ0) is 14.4. The zero-order valence-electron chi connectivity index (χ0n) is 11.0. The van der Waals surface area contributed by atoms with Gasteiger partial charge in [-0.15, -0.1) is 0 Å². The van der Waals surface area contributed by atoms with E-state index in [0.29, 0.717) is 19.0 Å². The van der Waals surface area contributed by atoms with Crippen molar-refractivity contribution in [3.05, 3.63) is 54.6 Å². The second kappa shape index (κ2) is 7.12. The number of thioether (sulfide) groups is 1. The molecule has 0 atom stereocenters. The first-order valence-electron chi connectivity index (χ1n) is 6.27. The third-order valence-electron chi connectivity index (χ3n) is 2.88. The minimum atomic E-state index is -0.962. The average molecular weight is 288 g/mol. The van der Waals surface area contributed by atoms with Crippen LogP contribution in [0.15, 0.2) is 59.5 Å². The molecule has 2 aromatic carbocycles. The summed E-state index contributed by atoms with van der Waals surface area (Å²) in [5.74, 6) is -0.457. The van der Waals surface area contributed by atoms with Crippen LogP contribution in [0.3, 0.4) is 0 Å². The first-order chi connectivity index (χ1) is 9.66. The van der Waals surface area contributed by atoms with Crippen molar-refractivity contribution in [1.29, 1.82) is 0 Å². The zero-order valence-corrected chi connectivity index (χ0v) is 11.9. The maximum Gasteiger partial charge on any atom is 0.331 e. The predicted molar refractivity (Wildman–Crippen MR) is 82.0 cm³/mol. The lowest BCUT2D eigenvalue weighted by Gasteiger charge is -2.05. The molecular weight excluding hydrogens is 272 g/mol. The lowest BCUT2D eigenvalue weighted by molar-refractivity contribution is -0.132. The van der Waals surface area contributed by atoms with Crippen molar-refractivity contribution < 1.29 is 14.6 Å². The van der Waals surface area contributed by atoms with Gasteiger partial charge in [0, 0.05) is 16.9 Å². The Labute approximate surface area is 122 Å². The third-order valence-corrected chi connectivity index (χ3v) is 3.75. The number of benzene rings is 2. The molecule has 0 fully saturated rings. The summed E-state index contributed by atoms with van der Waals surface area (Å²) >= 11 is 1.60. The smallest absolute Gasteiger partial charge is 0.331 e. The van der Waals surface area contributed by atoms with Crippen molar-refractivity contribution in [2.45, 2.75) is 11.3 Å². The quantitative estimate of drug-likeness (QED) is 0.363. The van der Waals surface area contributed by atoms with E-state index in [-0.39, 0.29) is 5.57 Å². The highest BCUT2D eigenvalue weighted by atomic mass is 32.2. The number of carboxylic acid groups (broad SMARTS) is 1. The van der Waals surface area contributed by atoms with Gasteiger partial charge in [0.25, 0.3) is 0 Å². The van der Waals surface area contributed by atoms with Crippen LogP contribution in [0, 0.1) is 0 Å². The number of rotatable bonds is 7. The van der Waals surface area contributed by atoms with Crippen molar-refractivity contribution in [3.8, 4) is 0 Å². The van der Waals surface area contributed by atoms with E-state index >= 15 is 0 Å². The number of fused-ring (bicyclic) bond motifs is 1. The number of carboxylic acids is 1. The van der Waals surface area contributed by atoms with Crippen LogP contribution < -0.4 is 0 Å². The molecule has 4 heteroatoms. The fraction of sp³-hybridized carbons (Fsp3) is 0.188. The Balaban J connectivity index is 1.78. The van der Waals surface area contributed by atoms with Crippen molar-refractivity contribution in [2.75, 3.05) is 12.5 Å². The monoisotopic (exact) mass is 288 g/mol. The molecule has 0 unspecified atom stereocenters. The maximum atomic E-state index is 10.5. The first-order valence-corrected chi connectivity index (χ1v) is 7.26. The van der Waals surface area contributed by atoms with Crippen molar-refractivity contribution in [1.82, 2.24) is 0 Å². The van der Waals surface area contributed by atoms with Gasteiger partial charge >= 0.3 is 5.97 Å². The molecular formula is C16H16O3S. The molecule has 1 N–H and O–H groups in total. The lowest BCUT2D eigenvalue weighted by atomic mass is 10.1. The summed E-state index contributed by atoms with van der Waals surface area (Å²) in [5, 5.41) is 11.1. The van der Waals surface area contributed by atoms with E-state index in [0.717, 1.165) is 4.90 Å². The van der Waals surface area contributed by atoms with E-state index in [1.54, 1.807) is 11.8 Å². The highest BCUT2D eigenvalue weighted by Crippen LogP contribution is 2.23. The van der Waals surface area contributed by atoms with Crippen LogP contribution in [0.4, 0.5) is 0 Å². The molecule has 104 valence electrons. The van der Waals surface area contributed by atoms with Gasteiger partial charge in [0.2, 0.25) is 0 Å².